The summed E-state index contributed by atoms with van der Waals surface area (Å²) in [6, 6.07) is 16.0. The van der Waals surface area contributed by atoms with Crippen molar-refractivity contribution in [2.75, 3.05) is 11.9 Å². The maximum Gasteiger partial charge on any atom is 0.339 e. The molecule has 1 aliphatic carbocycles. The van der Waals surface area contributed by atoms with Crippen molar-refractivity contribution in [2.45, 2.75) is 19.3 Å². The predicted molar refractivity (Wildman–Crippen MR) is 104 cm³/mol. The highest BCUT2D eigenvalue weighted by Crippen LogP contribution is 2.30. The van der Waals surface area contributed by atoms with Gasteiger partial charge in [0, 0.05) is 16.8 Å². The molecule has 0 bridgehead atoms. The molecule has 2 aromatic carbocycles. The lowest BCUT2D eigenvalue weighted by Gasteiger charge is -2.12. The number of esters is 1. The fourth-order valence-corrected chi connectivity index (χ4v) is 3.47. The van der Waals surface area contributed by atoms with Crippen molar-refractivity contribution in [3.8, 4) is 6.07 Å². The molecule has 1 N–H and O–H groups in total. The molecular formula is C22H17N3O3. The molecule has 0 unspecified atom stereocenters. The quantitative estimate of drug-likeness (QED) is 0.710. The molecule has 0 atom stereocenters. The summed E-state index contributed by atoms with van der Waals surface area (Å²) in [5.41, 5.74) is 4.18. The number of carbonyl (C=O) groups excluding carboxylic acids is 2. The van der Waals surface area contributed by atoms with Gasteiger partial charge in [-0.1, -0.05) is 18.2 Å². The van der Waals surface area contributed by atoms with Crippen LogP contribution in [0.25, 0.3) is 10.9 Å². The molecule has 0 aliphatic heterocycles. The highest BCUT2D eigenvalue weighted by Gasteiger charge is 2.25. The molecule has 0 saturated carbocycles. The summed E-state index contributed by atoms with van der Waals surface area (Å²) in [4.78, 5) is 29.6. The Kier molecular flexibility index (Phi) is 4.73. The van der Waals surface area contributed by atoms with E-state index in [0.717, 1.165) is 41.4 Å². The van der Waals surface area contributed by atoms with Crippen LogP contribution in [0.1, 0.15) is 33.6 Å². The van der Waals surface area contributed by atoms with Gasteiger partial charge in [-0.25, -0.2) is 4.79 Å². The van der Waals surface area contributed by atoms with Crippen LogP contribution in [0.4, 0.5) is 5.69 Å². The molecule has 3 aromatic rings. The molecule has 6 nitrogen and oxygen atoms in total. The second-order valence-corrected chi connectivity index (χ2v) is 6.60. The van der Waals surface area contributed by atoms with Crippen LogP contribution in [0.3, 0.4) is 0 Å². The number of nitriles is 1. The minimum atomic E-state index is -0.508. The minimum absolute atomic E-state index is 0.385. The monoisotopic (exact) mass is 371 g/mol. The van der Waals surface area contributed by atoms with E-state index in [4.69, 9.17) is 10.00 Å². The normalized spacial score (nSPS) is 12.2. The summed E-state index contributed by atoms with van der Waals surface area (Å²) in [5.74, 6) is -0.945. The first-order valence-electron chi connectivity index (χ1n) is 9.03. The second-order valence-electron chi connectivity index (χ2n) is 6.60. The molecule has 1 aliphatic rings. The number of hydrogen-bond acceptors (Lipinski definition) is 5. The Morgan fingerprint density at radius 2 is 1.89 bits per heavy atom. The molecule has 0 radical (unpaired) electrons. The van der Waals surface area contributed by atoms with Crippen LogP contribution < -0.4 is 5.32 Å². The lowest BCUT2D eigenvalue weighted by atomic mass is 10.0. The summed E-state index contributed by atoms with van der Waals surface area (Å²) < 4.78 is 5.31. The topological polar surface area (TPSA) is 92.1 Å². The van der Waals surface area contributed by atoms with Crippen molar-refractivity contribution in [3.63, 3.8) is 0 Å². The van der Waals surface area contributed by atoms with E-state index in [1.807, 2.05) is 30.3 Å². The van der Waals surface area contributed by atoms with Crippen molar-refractivity contribution >= 4 is 28.5 Å². The van der Waals surface area contributed by atoms with E-state index in [2.05, 4.69) is 10.3 Å². The zero-order chi connectivity index (χ0) is 19.5. The Labute approximate surface area is 161 Å². The highest BCUT2D eigenvalue weighted by molar-refractivity contribution is 6.06. The number of ether oxygens (including phenoxy) is 1. The van der Waals surface area contributed by atoms with Gasteiger partial charge in [0.15, 0.2) is 6.61 Å². The first kappa shape index (κ1) is 17.7. The third-order valence-corrected chi connectivity index (χ3v) is 4.76. The van der Waals surface area contributed by atoms with Crippen LogP contribution in [-0.4, -0.2) is 23.5 Å². The van der Waals surface area contributed by atoms with Crippen LogP contribution in [0.2, 0.25) is 0 Å². The molecule has 0 spiro atoms. The summed E-state index contributed by atoms with van der Waals surface area (Å²) in [5, 5.41) is 12.2. The van der Waals surface area contributed by atoms with E-state index in [1.54, 1.807) is 24.3 Å². The number of fused-ring (bicyclic) bond motifs is 2. The van der Waals surface area contributed by atoms with Crippen molar-refractivity contribution in [1.82, 2.24) is 4.98 Å². The Morgan fingerprint density at radius 3 is 2.68 bits per heavy atom. The second kappa shape index (κ2) is 7.49. The summed E-state index contributed by atoms with van der Waals surface area (Å²) in [6.45, 7) is -0.385. The summed E-state index contributed by atoms with van der Waals surface area (Å²) in [7, 11) is 0. The largest absolute Gasteiger partial charge is 0.452 e. The van der Waals surface area contributed by atoms with Crippen molar-refractivity contribution in [3.05, 3.63) is 70.9 Å². The molecule has 0 fully saturated rings. The molecular weight excluding hydrogens is 354 g/mol. The van der Waals surface area contributed by atoms with Crippen LogP contribution in [0.15, 0.2) is 48.5 Å². The smallest absolute Gasteiger partial charge is 0.339 e. The van der Waals surface area contributed by atoms with E-state index in [-0.39, 0.29) is 6.61 Å². The minimum Gasteiger partial charge on any atom is -0.452 e. The van der Waals surface area contributed by atoms with Crippen LogP contribution in [-0.2, 0) is 22.4 Å². The van der Waals surface area contributed by atoms with Gasteiger partial charge in [-0.2, -0.15) is 5.26 Å². The number of benzene rings is 2. The average Bonchev–Trinajstić information content (AvgIpc) is 3.18. The van der Waals surface area contributed by atoms with E-state index >= 15 is 0 Å². The van der Waals surface area contributed by atoms with E-state index in [9.17, 15) is 9.59 Å². The highest BCUT2D eigenvalue weighted by atomic mass is 16.5. The molecule has 1 aromatic heterocycles. The van der Waals surface area contributed by atoms with Gasteiger partial charge >= 0.3 is 5.97 Å². The predicted octanol–water partition coefficient (Wildman–Crippen LogP) is 3.39. The SMILES string of the molecule is N#Cc1ccc(NC(=O)COC(=O)c2c3c(nc4ccccc24)CCC3)cc1. The third-order valence-electron chi connectivity index (χ3n) is 4.76. The molecule has 138 valence electrons. The number of aryl methyl sites for hydroxylation is 1. The summed E-state index contributed by atoms with van der Waals surface area (Å²) in [6.07, 6.45) is 2.59. The fourth-order valence-electron chi connectivity index (χ4n) is 3.47. The van der Waals surface area contributed by atoms with Crippen molar-refractivity contribution < 1.29 is 14.3 Å². The van der Waals surface area contributed by atoms with E-state index in [1.165, 1.54) is 0 Å². The Bertz CT molecular complexity index is 1110. The number of nitrogens with one attached hydrogen (secondary N) is 1. The number of para-hydroxylation sites is 1. The van der Waals surface area contributed by atoms with Crippen LogP contribution >= 0.6 is 0 Å². The summed E-state index contributed by atoms with van der Waals surface area (Å²) >= 11 is 0. The maximum absolute atomic E-state index is 12.8. The number of nitrogens with zero attached hydrogens (tertiary/aromatic N) is 2. The average molecular weight is 371 g/mol. The van der Waals surface area contributed by atoms with E-state index < -0.39 is 11.9 Å². The lowest BCUT2D eigenvalue weighted by molar-refractivity contribution is -0.119. The Balaban J connectivity index is 1.50. The van der Waals surface area contributed by atoms with Gasteiger partial charge in [-0.05, 0) is 55.2 Å². The number of hydrogen-bond donors (Lipinski definition) is 1. The van der Waals surface area contributed by atoms with Gasteiger partial charge in [0.25, 0.3) is 5.91 Å². The zero-order valence-electron chi connectivity index (χ0n) is 15.1. The standard InChI is InChI=1S/C22H17N3O3/c23-12-14-8-10-15(11-9-14)24-20(26)13-28-22(27)21-16-4-1-2-6-18(16)25-19-7-3-5-17(19)21/h1-2,4,6,8-11H,3,5,7,13H2,(H,24,26). The van der Waals surface area contributed by atoms with Gasteiger partial charge in [0.1, 0.15) is 0 Å². The number of amides is 1. The fraction of sp³-hybridized carbons (Fsp3) is 0.182. The molecule has 6 heteroatoms. The molecule has 0 saturated heterocycles. The van der Waals surface area contributed by atoms with E-state index in [0.29, 0.717) is 16.8 Å². The number of anilines is 1. The van der Waals surface area contributed by atoms with Gasteiger partial charge < -0.3 is 10.1 Å². The van der Waals surface area contributed by atoms with Crippen LogP contribution in [0, 0.1) is 11.3 Å². The molecule has 4 rings (SSSR count). The Morgan fingerprint density at radius 1 is 1.11 bits per heavy atom. The first-order chi connectivity index (χ1) is 13.7. The number of carbonyl (C=O) groups is 2. The van der Waals surface area contributed by atoms with Gasteiger partial charge in [0.05, 0.1) is 22.7 Å². The number of pyridine rings is 1. The molecule has 1 amide bonds. The van der Waals surface area contributed by atoms with Crippen molar-refractivity contribution in [2.24, 2.45) is 0 Å². The zero-order valence-corrected chi connectivity index (χ0v) is 15.1. The third kappa shape index (κ3) is 3.42. The lowest BCUT2D eigenvalue weighted by Crippen LogP contribution is -2.21. The first-order valence-corrected chi connectivity index (χ1v) is 9.03. The number of rotatable bonds is 4. The van der Waals surface area contributed by atoms with Crippen LogP contribution in [0.5, 0.6) is 0 Å². The van der Waals surface area contributed by atoms with Gasteiger partial charge in [-0.15, -0.1) is 0 Å². The molecule has 28 heavy (non-hydrogen) atoms. The number of aromatic nitrogens is 1. The Hall–Kier alpha value is -3.72. The maximum atomic E-state index is 12.8. The van der Waals surface area contributed by atoms with Gasteiger partial charge in [-0.3, -0.25) is 9.78 Å². The molecule has 1 heterocycles. The van der Waals surface area contributed by atoms with Gasteiger partial charge in [0.2, 0.25) is 0 Å². The van der Waals surface area contributed by atoms with Crippen molar-refractivity contribution in [1.29, 1.82) is 5.26 Å².